The molecule has 180 valence electrons. The maximum absolute atomic E-state index is 12.4. The van der Waals surface area contributed by atoms with Gasteiger partial charge in [-0.15, -0.1) is 0 Å². The van der Waals surface area contributed by atoms with Crippen LogP contribution >= 0.6 is 11.6 Å². The van der Waals surface area contributed by atoms with Crippen molar-refractivity contribution in [1.29, 1.82) is 0 Å². The van der Waals surface area contributed by atoms with E-state index in [-0.39, 0.29) is 11.9 Å². The summed E-state index contributed by atoms with van der Waals surface area (Å²) < 4.78 is 5.75. The second-order valence-corrected chi connectivity index (χ2v) is 9.02. The number of hydrogen-bond donors (Lipinski definition) is 2. The fourth-order valence-corrected chi connectivity index (χ4v) is 3.93. The first kappa shape index (κ1) is 24.0. The fraction of sp³-hybridized carbons (Fsp3) is 0.417. The van der Waals surface area contributed by atoms with E-state index in [0.717, 1.165) is 43.9 Å². The quantitative estimate of drug-likeness (QED) is 0.337. The van der Waals surface area contributed by atoms with Crippen LogP contribution in [0.25, 0.3) is 11.2 Å². The number of nitrogens with one attached hydrogen (secondary N) is 2. The first-order chi connectivity index (χ1) is 16.5. The van der Waals surface area contributed by atoms with Crippen LogP contribution in [0.5, 0.6) is 5.75 Å². The van der Waals surface area contributed by atoms with Crippen LogP contribution in [0.4, 0.5) is 5.82 Å². The highest BCUT2D eigenvalue weighted by Gasteiger charge is 2.26. The molecule has 1 atom stereocenters. The fourth-order valence-electron chi connectivity index (χ4n) is 3.80. The molecule has 0 bridgehead atoms. The summed E-state index contributed by atoms with van der Waals surface area (Å²) in [5, 5.41) is 4.14. The van der Waals surface area contributed by atoms with Gasteiger partial charge in [-0.3, -0.25) is 4.79 Å². The molecule has 34 heavy (non-hydrogen) atoms. The van der Waals surface area contributed by atoms with E-state index in [1.807, 2.05) is 54.2 Å². The molecule has 1 aromatic carbocycles. The summed E-state index contributed by atoms with van der Waals surface area (Å²) in [6, 6.07) is 7.45. The van der Waals surface area contributed by atoms with Gasteiger partial charge in [0.05, 0.1) is 6.61 Å². The van der Waals surface area contributed by atoms with Gasteiger partial charge in [-0.1, -0.05) is 17.7 Å². The number of carbonyl (C=O) groups is 1. The minimum absolute atomic E-state index is 0.0434. The Hall–Kier alpha value is -3.17. The molecule has 0 saturated carbocycles. The Kier molecular flexibility index (Phi) is 7.97. The molecule has 2 aromatic heterocycles. The van der Waals surface area contributed by atoms with Gasteiger partial charge >= 0.3 is 0 Å². The zero-order valence-corrected chi connectivity index (χ0v) is 20.3. The largest absolute Gasteiger partial charge is 0.494 e. The minimum atomic E-state index is 0.0434. The molecule has 1 saturated heterocycles. The van der Waals surface area contributed by atoms with E-state index in [0.29, 0.717) is 35.2 Å². The van der Waals surface area contributed by atoms with Crippen molar-refractivity contribution in [3.63, 3.8) is 0 Å². The third kappa shape index (κ3) is 6.45. The van der Waals surface area contributed by atoms with Crippen molar-refractivity contribution in [3.8, 4) is 5.75 Å². The van der Waals surface area contributed by atoms with Crippen LogP contribution in [0.2, 0.25) is 5.02 Å². The van der Waals surface area contributed by atoms with Gasteiger partial charge in [-0.05, 0) is 51.2 Å². The number of carbonyl (C=O) groups excluding carboxylic acids is 1. The molecule has 4 rings (SSSR count). The maximum atomic E-state index is 12.4. The van der Waals surface area contributed by atoms with Crippen molar-refractivity contribution in [2.45, 2.75) is 25.3 Å². The molecular weight excluding hydrogens is 454 g/mol. The zero-order chi connectivity index (χ0) is 23.9. The van der Waals surface area contributed by atoms with Gasteiger partial charge in [0, 0.05) is 43.2 Å². The Labute approximate surface area is 204 Å². The standard InChI is InChI=1S/C24H30ClN7O2/c1-31(2)12-3-6-21(33)32-13-11-18(15-32)28-23-22-24(27-16-26-23)30-20(29-22)5-4-14-34-19-9-7-17(25)8-10-19/h3,6-10,16,18H,4-5,11-15H2,1-2H3,(H2,26,27,28,29,30)/b6-3+. The van der Waals surface area contributed by atoms with Gasteiger partial charge in [0.1, 0.15) is 17.9 Å². The zero-order valence-electron chi connectivity index (χ0n) is 19.5. The number of imidazole rings is 1. The summed E-state index contributed by atoms with van der Waals surface area (Å²) in [4.78, 5) is 33.0. The van der Waals surface area contributed by atoms with Gasteiger partial charge in [0.2, 0.25) is 5.91 Å². The van der Waals surface area contributed by atoms with Crippen LogP contribution in [0.3, 0.4) is 0 Å². The molecular formula is C24H30ClN7O2. The molecule has 0 spiro atoms. The minimum Gasteiger partial charge on any atom is -0.494 e. The molecule has 3 heterocycles. The average molecular weight is 484 g/mol. The highest BCUT2D eigenvalue weighted by atomic mass is 35.5. The lowest BCUT2D eigenvalue weighted by molar-refractivity contribution is -0.125. The van der Waals surface area contributed by atoms with Crippen molar-refractivity contribution >= 4 is 34.5 Å². The lowest BCUT2D eigenvalue weighted by atomic mass is 10.2. The molecule has 1 fully saturated rings. The number of nitrogens with zero attached hydrogens (tertiary/aromatic N) is 5. The highest BCUT2D eigenvalue weighted by Crippen LogP contribution is 2.21. The Morgan fingerprint density at radius 2 is 2.15 bits per heavy atom. The number of aromatic amines is 1. The van der Waals surface area contributed by atoms with Crippen LogP contribution in [-0.4, -0.2) is 82.0 Å². The van der Waals surface area contributed by atoms with Crippen molar-refractivity contribution in [2.75, 3.05) is 45.7 Å². The summed E-state index contributed by atoms with van der Waals surface area (Å²) in [5.41, 5.74) is 1.41. The first-order valence-corrected chi connectivity index (χ1v) is 11.8. The Bertz CT molecular complexity index is 1130. The molecule has 3 aromatic rings. The molecule has 0 aliphatic carbocycles. The number of benzene rings is 1. The Balaban J connectivity index is 1.30. The van der Waals surface area contributed by atoms with Crippen LogP contribution in [0, 0.1) is 0 Å². The van der Waals surface area contributed by atoms with E-state index in [1.54, 1.807) is 6.08 Å². The number of H-pyrrole nitrogens is 1. The predicted molar refractivity (Wildman–Crippen MR) is 133 cm³/mol. The first-order valence-electron chi connectivity index (χ1n) is 11.4. The van der Waals surface area contributed by atoms with Gasteiger partial charge in [0.15, 0.2) is 17.0 Å². The second-order valence-electron chi connectivity index (χ2n) is 8.59. The summed E-state index contributed by atoms with van der Waals surface area (Å²) in [5.74, 6) is 2.37. The molecule has 0 radical (unpaired) electrons. The number of likely N-dealkylation sites (N-methyl/N-ethyl adjacent to an activating group) is 1. The summed E-state index contributed by atoms with van der Waals surface area (Å²) in [7, 11) is 3.95. The smallest absolute Gasteiger partial charge is 0.246 e. The maximum Gasteiger partial charge on any atom is 0.246 e. The third-order valence-corrected chi connectivity index (χ3v) is 5.80. The number of amides is 1. The van der Waals surface area contributed by atoms with Crippen LogP contribution in [-0.2, 0) is 11.2 Å². The number of aryl methyl sites for hydroxylation is 1. The number of anilines is 1. The molecule has 9 nitrogen and oxygen atoms in total. The number of likely N-dealkylation sites (tertiary alicyclic amines) is 1. The molecule has 1 aliphatic rings. The van der Waals surface area contributed by atoms with Gasteiger partial charge < -0.3 is 24.8 Å². The number of aromatic nitrogens is 4. The van der Waals surface area contributed by atoms with Crippen LogP contribution < -0.4 is 10.1 Å². The highest BCUT2D eigenvalue weighted by molar-refractivity contribution is 6.30. The van der Waals surface area contributed by atoms with Crippen molar-refractivity contribution in [3.05, 3.63) is 53.6 Å². The normalized spacial score (nSPS) is 16.1. The molecule has 1 aliphatic heterocycles. The molecule has 10 heteroatoms. The van der Waals surface area contributed by atoms with Crippen molar-refractivity contribution in [1.82, 2.24) is 29.7 Å². The third-order valence-electron chi connectivity index (χ3n) is 5.54. The lowest BCUT2D eigenvalue weighted by Crippen LogP contribution is -2.30. The number of fused-ring (bicyclic) bond motifs is 1. The van der Waals surface area contributed by atoms with E-state index in [4.69, 9.17) is 21.3 Å². The van der Waals surface area contributed by atoms with E-state index in [9.17, 15) is 4.79 Å². The van der Waals surface area contributed by atoms with E-state index in [2.05, 4.69) is 20.3 Å². The topological polar surface area (TPSA) is 99.3 Å². The van der Waals surface area contributed by atoms with E-state index >= 15 is 0 Å². The average Bonchev–Trinajstić information content (AvgIpc) is 3.45. The van der Waals surface area contributed by atoms with Gasteiger partial charge in [0.25, 0.3) is 0 Å². The van der Waals surface area contributed by atoms with Crippen LogP contribution in [0.15, 0.2) is 42.7 Å². The van der Waals surface area contributed by atoms with Gasteiger partial charge in [-0.2, -0.15) is 0 Å². The predicted octanol–water partition coefficient (Wildman–Crippen LogP) is 3.15. The second kappa shape index (κ2) is 11.3. The summed E-state index contributed by atoms with van der Waals surface area (Å²) >= 11 is 5.90. The molecule has 1 amide bonds. The number of ether oxygens (including phenoxy) is 1. The van der Waals surface area contributed by atoms with E-state index in [1.165, 1.54) is 6.33 Å². The van der Waals surface area contributed by atoms with Crippen molar-refractivity contribution in [2.24, 2.45) is 0 Å². The lowest BCUT2D eigenvalue weighted by Gasteiger charge is -2.16. The SMILES string of the molecule is CN(C)C/C=C/C(=O)N1CCC(Nc2ncnc3[nH]c(CCCOc4ccc(Cl)cc4)nc23)C1. The monoisotopic (exact) mass is 483 g/mol. The molecule has 1 unspecified atom stereocenters. The Morgan fingerprint density at radius 1 is 1.32 bits per heavy atom. The van der Waals surface area contributed by atoms with Gasteiger partial charge in [-0.25, -0.2) is 15.0 Å². The van der Waals surface area contributed by atoms with Crippen LogP contribution in [0.1, 0.15) is 18.7 Å². The number of rotatable bonds is 10. The Morgan fingerprint density at radius 3 is 2.94 bits per heavy atom. The number of halogens is 1. The van der Waals surface area contributed by atoms with E-state index < -0.39 is 0 Å². The summed E-state index contributed by atoms with van der Waals surface area (Å²) in [6.07, 6.45) is 7.47. The van der Waals surface area contributed by atoms with Crippen molar-refractivity contribution < 1.29 is 9.53 Å². The summed E-state index contributed by atoms with van der Waals surface area (Å²) in [6.45, 7) is 2.67. The number of hydrogen-bond acceptors (Lipinski definition) is 7. The molecule has 2 N–H and O–H groups in total.